The molecule has 0 atom stereocenters. The van der Waals surface area contributed by atoms with Crippen molar-refractivity contribution in [1.29, 1.82) is 0 Å². The van der Waals surface area contributed by atoms with Crippen LogP contribution in [0.4, 0.5) is 10.3 Å². The van der Waals surface area contributed by atoms with Gasteiger partial charge in [-0.3, -0.25) is 9.59 Å². The number of halogens is 1. The smallest absolute Gasteiger partial charge is 0.267 e. The lowest BCUT2D eigenvalue weighted by atomic mass is 9.97. The highest BCUT2D eigenvalue weighted by Gasteiger charge is 2.21. The van der Waals surface area contributed by atoms with E-state index in [1.165, 1.54) is 35.1 Å². The van der Waals surface area contributed by atoms with E-state index < -0.39 is 5.82 Å². The number of hydrogen-bond donors (Lipinski definition) is 1. The number of allylic oxidation sites excluding steroid dienone is 1. The maximum absolute atomic E-state index is 14.0. The van der Waals surface area contributed by atoms with Gasteiger partial charge < -0.3 is 15.0 Å². The van der Waals surface area contributed by atoms with Crippen molar-refractivity contribution in [3.8, 4) is 5.69 Å². The van der Waals surface area contributed by atoms with Crippen LogP contribution in [0.25, 0.3) is 16.6 Å². The Morgan fingerprint density at radius 3 is 2.74 bits per heavy atom. The average molecular weight is 477 g/mol. The van der Waals surface area contributed by atoms with Crippen LogP contribution in [0, 0.1) is 5.82 Å². The van der Waals surface area contributed by atoms with Gasteiger partial charge in [-0.1, -0.05) is 17.7 Å². The highest BCUT2D eigenvalue weighted by atomic mass is 19.1. The molecule has 1 aromatic heterocycles. The van der Waals surface area contributed by atoms with E-state index in [2.05, 4.69) is 11.4 Å². The number of benzene rings is 2. The zero-order chi connectivity index (χ0) is 24.2. The molecule has 8 heteroatoms. The molecule has 1 saturated heterocycles. The number of nitrogens with zero attached hydrogens (tertiary/aromatic N) is 3. The number of amides is 1. The van der Waals surface area contributed by atoms with Crippen LogP contribution in [0.5, 0.6) is 0 Å². The predicted molar refractivity (Wildman–Crippen MR) is 134 cm³/mol. The Morgan fingerprint density at radius 2 is 1.97 bits per heavy atom. The van der Waals surface area contributed by atoms with Crippen LogP contribution in [0.3, 0.4) is 0 Å². The summed E-state index contributed by atoms with van der Waals surface area (Å²) in [4.78, 5) is 33.1. The third kappa shape index (κ3) is 5.12. The van der Waals surface area contributed by atoms with Crippen LogP contribution < -0.4 is 15.8 Å². The van der Waals surface area contributed by atoms with Gasteiger partial charge >= 0.3 is 0 Å². The van der Waals surface area contributed by atoms with Crippen molar-refractivity contribution < 1.29 is 13.9 Å². The molecule has 5 rings (SSSR count). The van der Waals surface area contributed by atoms with Crippen molar-refractivity contribution in [3.05, 3.63) is 75.8 Å². The van der Waals surface area contributed by atoms with Gasteiger partial charge in [0.2, 0.25) is 5.95 Å². The quantitative estimate of drug-likeness (QED) is 0.545. The zero-order valence-corrected chi connectivity index (χ0v) is 19.6. The minimum Gasteiger partial charge on any atom is -0.378 e. The Hall–Kier alpha value is -3.52. The van der Waals surface area contributed by atoms with Gasteiger partial charge in [0.05, 0.1) is 29.8 Å². The number of morpholine rings is 1. The monoisotopic (exact) mass is 476 g/mol. The highest BCUT2D eigenvalue weighted by molar-refractivity contribution is 5.97. The van der Waals surface area contributed by atoms with Crippen LogP contribution in [0.15, 0.2) is 58.9 Å². The Bertz CT molecular complexity index is 1330. The first-order valence-corrected chi connectivity index (χ1v) is 12.2. The highest BCUT2D eigenvalue weighted by Crippen LogP contribution is 2.22. The second-order valence-electron chi connectivity index (χ2n) is 8.98. The maximum Gasteiger partial charge on any atom is 0.267 e. The Kier molecular flexibility index (Phi) is 6.90. The van der Waals surface area contributed by atoms with Crippen LogP contribution in [-0.4, -0.2) is 48.3 Å². The van der Waals surface area contributed by atoms with Gasteiger partial charge in [-0.25, -0.2) is 13.9 Å². The number of anilines is 1. The summed E-state index contributed by atoms with van der Waals surface area (Å²) in [5.74, 6) is -0.205. The first-order valence-electron chi connectivity index (χ1n) is 12.2. The van der Waals surface area contributed by atoms with Crippen LogP contribution in [-0.2, 0) is 4.74 Å². The molecular formula is C27H29FN4O3. The molecule has 7 nitrogen and oxygen atoms in total. The molecule has 0 radical (unpaired) electrons. The van der Waals surface area contributed by atoms with Crippen molar-refractivity contribution in [2.75, 3.05) is 37.7 Å². The van der Waals surface area contributed by atoms with Crippen molar-refractivity contribution in [2.24, 2.45) is 0 Å². The lowest BCUT2D eigenvalue weighted by molar-refractivity contribution is 0.0954. The molecule has 182 valence electrons. The summed E-state index contributed by atoms with van der Waals surface area (Å²) in [6, 6.07) is 10.8. The van der Waals surface area contributed by atoms with Crippen molar-refractivity contribution in [2.45, 2.75) is 32.1 Å². The molecule has 1 aliphatic carbocycles. The molecular weight excluding hydrogens is 447 g/mol. The minimum atomic E-state index is -0.432. The van der Waals surface area contributed by atoms with E-state index >= 15 is 0 Å². The van der Waals surface area contributed by atoms with Crippen molar-refractivity contribution in [3.63, 3.8) is 0 Å². The molecule has 2 aliphatic rings. The normalized spacial score (nSPS) is 16.3. The van der Waals surface area contributed by atoms with Crippen molar-refractivity contribution in [1.82, 2.24) is 14.9 Å². The lowest BCUT2D eigenvalue weighted by Crippen LogP contribution is -2.40. The summed E-state index contributed by atoms with van der Waals surface area (Å²) < 4.78 is 20.9. The number of rotatable bonds is 6. The Balaban J connectivity index is 1.48. The number of ether oxygens (including phenoxy) is 1. The predicted octanol–water partition coefficient (Wildman–Crippen LogP) is 3.98. The molecule has 0 bridgehead atoms. The fourth-order valence-electron chi connectivity index (χ4n) is 4.71. The van der Waals surface area contributed by atoms with Gasteiger partial charge in [-0.2, -0.15) is 0 Å². The van der Waals surface area contributed by atoms with Gasteiger partial charge in [-0.05, 0) is 68.5 Å². The zero-order valence-electron chi connectivity index (χ0n) is 19.6. The molecule has 2 heterocycles. The van der Waals surface area contributed by atoms with Crippen LogP contribution in [0.2, 0.25) is 0 Å². The van der Waals surface area contributed by atoms with E-state index in [9.17, 15) is 14.0 Å². The van der Waals surface area contributed by atoms with E-state index in [1.807, 2.05) is 4.90 Å². The topological polar surface area (TPSA) is 76.5 Å². The fourth-order valence-corrected chi connectivity index (χ4v) is 4.71. The first kappa shape index (κ1) is 23.2. The Morgan fingerprint density at radius 1 is 1.11 bits per heavy atom. The molecule has 1 N–H and O–H groups in total. The molecule has 35 heavy (non-hydrogen) atoms. The standard InChI is InChI=1S/C27H29FN4O3/c28-21-7-4-8-22(18-21)32-26(34)23-10-9-20(25(33)29-12-11-19-5-2-1-3-6-19)17-24(23)30-27(32)31-13-15-35-16-14-31/h4-5,7-10,17-18H,1-3,6,11-16H2,(H,29,33). The number of hydrogen-bond acceptors (Lipinski definition) is 5. The summed E-state index contributed by atoms with van der Waals surface area (Å²) in [5.41, 5.74) is 2.40. The third-order valence-corrected chi connectivity index (χ3v) is 6.59. The SMILES string of the molecule is O=C(NCCC1=CCCCC1)c1ccc2c(=O)n(-c3cccc(F)c3)c(N3CCOCC3)nc2c1. The largest absolute Gasteiger partial charge is 0.378 e. The summed E-state index contributed by atoms with van der Waals surface area (Å²) in [6.45, 7) is 2.72. The van der Waals surface area contributed by atoms with E-state index in [4.69, 9.17) is 9.72 Å². The van der Waals surface area contributed by atoms with Gasteiger partial charge in [0.25, 0.3) is 11.5 Å². The number of aromatic nitrogens is 2. The fraction of sp³-hybridized carbons (Fsp3) is 0.370. The lowest BCUT2D eigenvalue weighted by Gasteiger charge is -2.30. The van der Waals surface area contributed by atoms with E-state index in [1.54, 1.807) is 30.3 Å². The molecule has 0 spiro atoms. The number of nitrogens with one attached hydrogen (secondary N) is 1. The molecule has 0 saturated carbocycles. The molecule has 1 fully saturated rings. The van der Waals surface area contributed by atoms with E-state index in [-0.39, 0.29) is 11.5 Å². The second-order valence-corrected chi connectivity index (χ2v) is 8.98. The van der Waals surface area contributed by atoms with Crippen LogP contribution >= 0.6 is 0 Å². The van der Waals surface area contributed by atoms with E-state index in [0.717, 1.165) is 19.3 Å². The third-order valence-electron chi connectivity index (χ3n) is 6.59. The van der Waals surface area contributed by atoms with Gasteiger partial charge in [0, 0.05) is 25.2 Å². The van der Waals surface area contributed by atoms with Gasteiger partial charge in [0.1, 0.15) is 5.82 Å². The van der Waals surface area contributed by atoms with Crippen LogP contribution in [0.1, 0.15) is 42.5 Å². The summed E-state index contributed by atoms with van der Waals surface area (Å²) in [7, 11) is 0. The average Bonchev–Trinajstić information content (AvgIpc) is 2.89. The summed E-state index contributed by atoms with van der Waals surface area (Å²) >= 11 is 0. The number of fused-ring (bicyclic) bond motifs is 1. The van der Waals surface area contributed by atoms with Gasteiger partial charge in [0.15, 0.2) is 0 Å². The number of carbonyl (C=O) groups excluding carboxylic acids is 1. The summed E-state index contributed by atoms with van der Waals surface area (Å²) in [5, 5.41) is 3.36. The molecule has 1 amide bonds. The van der Waals surface area contributed by atoms with E-state index in [0.29, 0.717) is 61.0 Å². The summed E-state index contributed by atoms with van der Waals surface area (Å²) in [6.07, 6.45) is 7.83. The minimum absolute atomic E-state index is 0.188. The molecule has 3 aromatic rings. The van der Waals surface area contributed by atoms with Gasteiger partial charge in [-0.15, -0.1) is 0 Å². The Labute approximate surface area is 203 Å². The molecule has 1 aliphatic heterocycles. The maximum atomic E-state index is 14.0. The molecule has 0 unspecified atom stereocenters. The second kappa shape index (κ2) is 10.4. The van der Waals surface area contributed by atoms with Crippen molar-refractivity contribution >= 4 is 22.8 Å². The number of carbonyl (C=O) groups is 1. The first-order chi connectivity index (χ1) is 17.1. The molecule has 2 aromatic carbocycles.